The van der Waals surface area contributed by atoms with Crippen LogP contribution in [0, 0.1) is 6.92 Å². The highest BCUT2D eigenvalue weighted by Crippen LogP contribution is 2.30. The summed E-state index contributed by atoms with van der Waals surface area (Å²) in [6, 6.07) is 5.73. The van der Waals surface area contributed by atoms with Crippen LogP contribution in [0.2, 0.25) is 0 Å². The van der Waals surface area contributed by atoms with E-state index < -0.39 is 0 Å². The van der Waals surface area contributed by atoms with Crippen molar-refractivity contribution in [3.8, 4) is 11.5 Å². The van der Waals surface area contributed by atoms with Crippen LogP contribution in [0.3, 0.4) is 0 Å². The fraction of sp³-hybridized carbons (Fsp3) is 0.474. The summed E-state index contributed by atoms with van der Waals surface area (Å²) in [5.74, 6) is 2.13. The number of thiazole rings is 1. The Morgan fingerprint density at radius 1 is 1.26 bits per heavy atom. The fourth-order valence-electron chi connectivity index (χ4n) is 2.55. The Balaban J connectivity index is 0.00000364. The normalized spacial score (nSPS) is 10.9. The van der Waals surface area contributed by atoms with Gasteiger partial charge in [-0.25, -0.2) is 4.98 Å². The molecule has 2 rings (SSSR count). The van der Waals surface area contributed by atoms with E-state index in [1.807, 2.05) is 25.1 Å². The lowest BCUT2D eigenvalue weighted by molar-refractivity contribution is 0.311. The lowest BCUT2D eigenvalue weighted by Crippen LogP contribution is -2.32. The third-order valence-corrected chi connectivity index (χ3v) is 4.93. The molecule has 0 aliphatic heterocycles. The number of aliphatic imine (C=N–C) groups is 1. The maximum Gasteiger partial charge on any atom is 0.195 e. The van der Waals surface area contributed by atoms with E-state index in [4.69, 9.17) is 9.47 Å². The van der Waals surface area contributed by atoms with Crippen molar-refractivity contribution in [2.45, 2.75) is 33.6 Å². The molecule has 8 heteroatoms. The van der Waals surface area contributed by atoms with Gasteiger partial charge in [0, 0.05) is 36.6 Å². The van der Waals surface area contributed by atoms with Crippen molar-refractivity contribution >= 4 is 47.0 Å². The van der Waals surface area contributed by atoms with E-state index in [9.17, 15) is 0 Å². The molecule has 150 valence electrons. The second-order valence-corrected chi connectivity index (χ2v) is 6.92. The Hall–Kier alpha value is -1.55. The number of hydrogen-bond acceptors (Lipinski definition) is 5. The summed E-state index contributed by atoms with van der Waals surface area (Å²) >= 11 is 1.77. The first-order valence-corrected chi connectivity index (χ1v) is 9.66. The molecule has 2 aromatic rings. The minimum absolute atomic E-state index is 0. The van der Waals surface area contributed by atoms with Crippen molar-refractivity contribution in [1.82, 2.24) is 10.3 Å². The molecule has 0 atom stereocenters. The van der Waals surface area contributed by atoms with Gasteiger partial charge in [-0.3, -0.25) is 4.99 Å². The van der Waals surface area contributed by atoms with E-state index in [0.717, 1.165) is 35.8 Å². The molecule has 0 aliphatic carbocycles. The van der Waals surface area contributed by atoms with Crippen molar-refractivity contribution < 1.29 is 9.47 Å². The second-order valence-electron chi connectivity index (χ2n) is 5.64. The number of nitrogens with zero attached hydrogens (tertiary/aromatic N) is 2. The summed E-state index contributed by atoms with van der Waals surface area (Å²) in [6.45, 7) is 7.59. The number of ether oxygens (including phenoxy) is 2. The van der Waals surface area contributed by atoms with Gasteiger partial charge in [0.05, 0.1) is 24.4 Å². The second kappa shape index (κ2) is 12.0. The zero-order chi connectivity index (χ0) is 18.9. The molecule has 0 unspecified atom stereocenters. The Kier molecular flexibility index (Phi) is 10.5. The predicted octanol–water partition coefficient (Wildman–Crippen LogP) is 4.27. The van der Waals surface area contributed by atoms with Gasteiger partial charge >= 0.3 is 0 Å². The number of benzene rings is 1. The molecule has 0 saturated heterocycles. The average molecular weight is 504 g/mol. The van der Waals surface area contributed by atoms with Crippen molar-refractivity contribution in [1.29, 1.82) is 0 Å². The third kappa shape index (κ3) is 6.84. The first kappa shape index (κ1) is 23.5. The molecular weight excluding hydrogens is 475 g/mol. The number of methoxy groups -OCH3 is 1. The van der Waals surface area contributed by atoms with E-state index in [1.54, 1.807) is 25.5 Å². The molecule has 0 bridgehead atoms. The van der Waals surface area contributed by atoms with Crippen LogP contribution in [-0.2, 0) is 12.8 Å². The first-order chi connectivity index (χ1) is 12.6. The highest BCUT2D eigenvalue weighted by Gasteiger charge is 2.08. The van der Waals surface area contributed by atoms with Gasteiger partial charge in [0.1, 0.15) is 0 Å². The van der Waals surface area contributed by atoms with Crippen LogP contribution < -0.4 is 20.1 Å². The van der Waals surface area contributed by atoms with E-state index in [-0.39, 0.29) is 24.0 Å². The number of hydrogen-bond donors (Lipinski definition) is 2. The molecule has 27 heavy (non-hydrogen) atoms. The summed E-state index contributed by atoms with van der Waals surface area (Å²) < 4.78 is 10.9. The lowest BCUT2D eigenvalue weighted by atomic mass is 10.2. The van der Waals surface area contributed by atoms with Gasteiger partial charge in [-0.15, -0.1) is 35.3 Å². The summed E-state index contributed by atoms with van der Waals surface area (Å²) in [4.78, 5) is 10.3. The minimum Gasteiger partial charge on any atom is -0.493 e. The molecule has 0 aliphatic rings. The molecule has 0 fully saturated rings. The predicted molar refractivity (Wildman–Crippen MR) is 124 cm³/mol. The largest absolute Gasteiger partial charge is 0.493 e. The average Bonchev–Trinajstić information content (AvgIpc) is 3.01. The smallest absolute Gasteiger partial charge is 0.195 e. The first-order valence-electron chi connectivity index (χ1n) is 8.84. The Bertz CT molecular complexity index is 749. The van der Waals surface area contributed by atoms with Crippen molar-refractivity contribution in [2.75, 3.05) is 32.6 Å². The zero-order valence-corrected chi connectivity index (χ0v) is 19.7. The van der Waals surface area contributed by atoms with Crippen LogP contribution in [0.15, 0.2) is 23.2 Å². The molecule has 1 aromatic heterocycles. The standard InChI is InChI=1S/C19H28N4O2S.HI/c1-6-15-13(3)26-18(23-15)10-11-21-19(20-4)22-14-8-9-16(25-7-2)17(12-14)24-5;/h8-9,12H,6-7,10-11H2,1-5H3,(H2,20,21,22);1H. The number of guanidine groups is 1. The molecule has 0 spiro atoms. The van der Waals surface area contributed by atoms with Gasteiger partial charge in [-0.2, -0.15) is 0 Å². The number of nitrogens with one attached hydrogen (secondary N) is 2. The number of aryl methyl sites for hydroxylation is 2. The highest BCUT2D eigenvalue weighted by molar-refractivity contribution is 14.0. The summed E-state index contributed by atoms with van der Waals surface area (Å²) in [5.41, 5.74) is 2.09. The molecule has 0 radical (unpaired) electrons. The quantitative estimate of drug-likeness (QED) is 0.320. The van der Waals surface area contributed by atoms with Crippen molar-refractivity contribution in [3.05, 3.63) is 33.8 Å². The zero-order valence-electron chi connectivity index (χ0n) is 16.6. The summed E-state index contributed by atoms with van der Waals surface area (Å²) in [7, 11) is 3.39. The van der Waals surface area contributed by atoms with E-state index in [0.29, 0.717) is 18.3 Å². The maximum absolute atomic E-state index is 5.54. The maximum atomic E-state index is 5.54. The summed E-state index contributed by atoms with van der Waals surface area (Å²) in [6.07, 6.45) is 1.86. The number of halogens is 1. The van der Waals surface area contributed by atoms with E-state index in [2.05, 4.69) is 34.5 Å². The van der Waals surface area contributed by atoms with E-state index in [1.165, 1.54) is 10.6 Å². The topological polar surface area (TPSA) is 67.8 Å². The van der Waals surface area contributed by atoms with Gasteiger partial charge in [-0.1, -0.05) is 6.92 Å². The van der Waals surface area contributed by atoms with Crippen molar-refractivity contribution in [2.24, 2.45) is 4.99 Å². The van der Waals surface area contributed by atoms with Crippen LogP contribution in [0.4, 0.5) is 5.69 Å². The number of aromatic nitrogens is 1. The third-order valence-electron chi connectivity index (χ3n) is 3.85. The summed E-state index contributed by atoms with van der Waals surface area (Å²) in [5, 5.41) is 7.75. The van der Waals surface area contributed by atoms with Gasteiger partial charge in [-0.05, 0) is 32.4 Å². The van der Waals surface area contributed by atoms with E-state index >= 15 is 0 Å². The van der Waals surface area contributed by atoms with Crippen LogP contribution >= 0.6 is 35.3 Å². The molecule has 0 amide bonds. The Morgan fingerprint density at radius 3 is 2.63 bits per heavy atom. The van der Waals surface area contributed by atoms with Gasteiger partial charge in [0.25, 0.3) is 0 Å². The van der Waals surface area contributed by atoms with Crippen LogP contribution in [0.5, 0.6) is 11.5 Å². The monoisotopic (exact) mass is 504 g/mol. The Morgan fingerprint density at radius 2 is 2.04 bits per heavy atom. The number of rotatable bonds is 8. The minimum atomic E-state index is 0. The molecule has 1 heterocycles. The molecule has 2 N–H and O–H groups in total. The van der Waals surface area contributed by atoms with Gasteiger partial charge in [0.15, 0.2) is 17.5 Å². The van der Waals surface area contributed by atoms with Crippen LogP contribution in [0.1, 0.15) is 29.4 Å². The lowest BCUT2D eigenvalue weighted by Gasteiger charge is -2.14. The van der Waals surface area contributed by atoms with Crippen LogP contribution in [0.25, 0.3) is 0 Å². The van der Waals surface area contributed by atoms with Gasteiger partial charge in [0.2, 0.25) is 0 Å². The SMILES string of the molecule is CCOc1ccc(NC(=NC)NCCc2nc(CC)c(C)s2)cc1OC.I. The molecule has 6 nitrogen and oxygen atoms in total. The van der Waals surface area contributed by atoms with Crippen LogP contribution in [-0.4, -0.2) is 38.3 Å². The molecule has 0 saturated carbocycles. The Labute approximate surface area is 182 Å². The van der Waals surface area contributed by atoms with Gasteiger partial charge < -0.3 is 20.1 Å². The number of anilines is 1. The highest BCUT2D eigenvalue weighted by atomic mass is 127. The molecule has 1 aromatic carbocycles. The fourth-order valence-corrected chi connectivity index (χ4v) is 3.57. The van der Waals surface area contributed by atoms with Crippen molar-refractivity contribution in [3.63, 3.8) is 0 Å². The molecular formula is C19H29IN4O2S.